The second-order valence-electron chi connectivity index (χ2n) is 7.08. The van der Waals surface area contributed by atoms with Gasteiger partial charge in [0.15, 0.2) is 0 Å². The normalized spacial score (nSPS) is 10.4. The number of urea groups is 1. The van der Waals surface area contributed by atoms with E-state index in [1.807, 2.05) is 43.3 Å². The molecule has 0 spiro atoms. The third-order valence-electron chi connectivity index (χ3n) is 4.71. The number of nitrogens with zero attached hydrogens (tertiary/aromatic N) is 2. The molecule has 3 rings (SSSR count). The fraction of sp³-hybridized carbons (Fsp3) is 0.217. The molecule has 0 unspecified atom stereocenters. The molecule has 172 valence electrons. The molecule has 0 aliphatic carbocycles. The zero-order chi connectivity index (χ0) is 23.8. The van der Waals surface area contributed by atoms with Crippen LogP contribution in [0.4, 0.5) is 27.0 Å². The highest BCUT2D eigenvalue weighted by Crippen LogP contribution is 2.28. The van der Waals surface area contributed by atoms with Gasteiger partial charge in [0.25, 0.3) is 0 Å². The van der Waals surface area contributed by atoms with Crippen LogP contribution in [0.1, 0.15) is 18.1 Å². The first kappa shape index (κ1) is 23.8. The minimum atomic E-state index is -0.795. The van der Waals surface area contributed by atoms with Crippen LogP contribution in [-0.2, 0) is 11.2 Å². The van der Waals surface area contributed by atoms with Crippen LogP contribution >= 0.6 is 11.6 Å². The molecule has 2 aromatic carbocycles. The molecule has 3 amide bonds. The number of hydrogen-bond donors (Lipinski definition) is 4. The standard InChI is InChI=1S/C23H25ClN6O3/c1-3-33-23(32)30-22(31)27-16-9-7-15(8-10-16)11-12-26-20-13-19(28-21(25)29-20)17-5-4-6-18(24)14(17)2/h4-10,13H,3,11-12H2,1-2H3,(H3,25,26,28,29)(H2,27,30,31,32). The van der Waals surface area contributed by atoms with Crippen LogP contribution < -0.4 is 21.7 Å². The quantitative estimate of drug-likeness (QED) is 0.397. The molecule has 0 bridgehead atoms. The molecule has 0 fully saturated rings. The Hall–Kier alpha value is -3.85. The molecular weight excluding hydrogens is 444 g/mol. The maximum absolute atomic E-state index is 11.7. The van der Waals surface area contributed by atoms with Crippen LogP contribution in [0.15, 0.2) is 48.5 Å². The van der Waals surface area contributed by atoms with Gasteiger partial charge in [0, 0.05) is 28.9 Å². The average Bonchev–Trinajstić information content (AvgIpc) is 2.76. The number of ether oxygens (including phenoxy) is 1. The fourth-order valence-electron chi connectivity index (χ4n) is 3.09. The number of aromatic nitrogens is 2. The highest BCUT2D eigenvalue weighted by molar-refractivity contribution is 6.31. The van der Waals surface area contributed by atoms with Gasteiger partial charge in [-0.15, -0.1) is 0 Å². The molecule has 0 saturated heterocycles. The van der Waals surface area contributed by atoms with Gasteiger partial charge in [0.2, 0.25) is 5.95 Å². The molecule has 1 heterocycles. The number of nitrogens with two attached hydrogens (primary N) is 1. The van der Waals surface area contributed by atoms with Gasteiger partial charge in [-0.3, -0.25) is 0 Å². The summed E-state index contributed by atoms with van der Waals surface area (Å²) in [6.07, 6.45) is -0.0817. The smallest absolute Gasteiger partial charge is 0.415 e. The average molecular weight is 469 g/mol. The largest absolute Gasteiger partial charge is 0.450 e. The minimum absolute atomic E-state index is 0.172. The Morgan fingerprint density at radius 3 is 2.61 bits per heavy atom. The monoisotopic (exact) mass is 468 g/mol. The predicted molar refractivity (Wildman–Crippen MR) is 129 cm³/mol. The number of hydrogen-bond acceptors (Lipinski definition) is 7. The number of nitrogens with one attached hydrogen (secondary N) is 3. The van der Waals surface area contributed by atoms with Crippen molar-refractivity contribution in [2.45, 2.75) is 20.3 Å². The van der Waals surface area contributed by atoms with E-state index < -0.39 is 12.1 Å². The summed E-state index contributed by atoms with van der Waals surface area (Å²) in [5.74, 6) is 0.789. The predicted octanol–water partition coefficient (Wildman–Crippen LogP) is 4.62. The molecule has 5 N–H and O–H groups in total. The van der Waals surface area contributed by atoms with Gasteiger partial charge in [0.05, 0.1) is 12.3 Å². The lowest BCUT2D eigenvalue weighted by atomic mass is 10.1. The highest BCUT2D eigenvalue weighted by atomic mass is 35.5. The van der Waals surface area contributed by atoms with Crippen LogP contribution in [0, 0.1) is 6.92 Å². The van der Waals surface area contributed by atoms with Gasteiger partial charge < -0.3 is 21.1 Å². The maximum atomic E-state index is 11.7. The van der Waals surface area contributed by atoms with Crippen LogP contribution in [0.2, 0.25) is 5.02 Å². The summed E-state index contributed by atoms with van der Waals surface area (Å²) in [5, 5.41) is 8.57. The Balaban J connectivity index is 1.56. The van der Waals surface area contributed by atoms with Gasteiger partial charge in [-0.25, -0.2) is 19.9 Å². The first-order valence-electron chi connectivity index (χ1n) is 10.3. The number of amides is 3. The molecule has 0 atom stereocenters. The second-order valence-corrected chi connectivity index (χ2v) is 7.49. The lowest BCUT2D eigenvalue weighted by Crippen LogP contribution is -2.34. The molecule has 33 heavy (non-hydrogen) atoms. The van der Waals surface area contributed by atoms with E-state index in [1.54, 1.807) is 19.1 Å². The van der Waals surface area contributed by atoms with Gasteiger partial charge in [-0.1, -0.05) is 35.9 Å². The van der Waals surface area contributed by atoms with Crippen molar-refractivity contribution in [3.63, 3.8) is 0 Å². The Morgan fingerprint density at radius 1 is 1.12 bits per heavy atom. The molecule has 0 aliphatic rings. The van der Waals surface area contributed by atoms with Crippen molar-refractivity contribution in [3.8, 4) is 11.3 Å². The van der Waals surface area contributed by atoms with E-state index >= 15 is 0 Å². The van der Waals surface area contributed by atoms with E-state index in [1.165, 1.54) is 0 Å². The SMILES string of the molecule is CCOC(=O)NC(=O)Nc1ccc(CCNc2cc(-c3cccc(Cl)c3C)nc(N)n2)cc1. The van der Waals surface area contributed by atoms with Crippen molar-refractivity contribution in [2.75, 3.05) is 29.5 Å². The number of carbonyl (C=O) groups is 2. The van der Waals surface area contributed by atoms with Crippen LogP contribution in [0.5, 0.6) is 0 Å². The summed E-state index contributed by atoms with van der Waals surface area (Å²) in [6, 6.07) is 14.1. The lowest BCUT2D eigenvalue weighted by molar-refractivity contribution is 0.154. The number of rotatable bonds is 7. The zero-order valence-electron chi connectivity index (χ0n) is 18.3. The van der Waals surface area contributed by atoms with Crippen molar-refractivity contribution in [1.29, 1.82) is 0 Å². The molecule has 0 aliphatic heterocycles. The molecule has 0 saturated carbocycles. The van der Waals surface area contributed by atoms with E-state index in [0.717, 1.165) is 16.7 Å². The van der Waals surface area contributed by atoms with Crippen LogP contribution in [0.3, 0.4) is 0 Å². The van der Waals surface area contributed by atoms with Crippen molar-refractivity contribution in [2.24, 2.45) is 0 Å². The van der Waals surface area contributed by atoms with E-state index in [2.05, 4.69) is 30.7 Å². The number of carbonyl (C=O) groups excluding carboxylic acids is 2. The summed E-state index contributed by atoms with van der Waals surface area (Å²) in [7, 11) is 0. The van der Waals surface area contributed by atoms with Gasteiger partial charge in [-0.05, 0) is 49.6 Å². The van der Waals surface area contributed by atoms with Crippen molar-refractivity contribution >= 4 is 41.2 Å². The van der Waals surface area contributed by atoms with E-state index in [4.69, 9.17) is 17.3 Å². The van der Waals surface area contributed by atoms with Gasteiger partial charge in [0.1, 0.15) is 5.82 Å². The summed E-state index contributed by atoms with van der Waals surface area (Å²) in [6.45, 7) is 4.39. The third kappa shape index (κ3) is 6.81. The third-order valence-corrected chi connectivity index (χ3v) is 5.12. The number of anilines is 3. The molecule has 1 aromatic heterocycles. The summed E-state index contributed by atoms with van der Waals surface area (Å²) in [5.41, 5.74) is 10.0. The Kier molecular flexibility index (Phi) is 8.04. The number of imide groups is 1. The Labute approximate surface area is 196 Å². The number of benzene rings is 2. The lowest BCUT2D eigenvalue weighted by Gasteiger charge is -2.11. The van der Waals surface area contributed by atoms with Crippen molar-refractivity contribution < 1.29 is 14.3 Å². The second kappa shape index (κ2) is 11.1. The molecule has 3 aromatic rings. The number of halogens is 1. The minimum Gasteiger partial charge on any atom is -0.450 e. The first-order valence-corrected chi connectivity index (χ1v) is 10.7. The fourth-order valence-corrected chi connectivity index (χ4v) is 3.27. The van der Waals surface area contributed by atoms with E-state index in [9.17, 15) is 9.59 Å². The van der Waals surface area contributed by atoms with Crippen molar-refractivity contribution in [3.05, 3.63) is 64.7 Å². The molecule has 10 heteroatoms. The Bertz CT molecular complexity index is 1140. The topological polar surface area (TPSA) is 131 Å². The molecule has 9 nitrogen and oxygen atoms in total. The number of nitrogen functional groups attached to an aromatic ring is 1. The first-order chi connectivity index (χ1) is 15.9. The zero-order valence-corrected chi connectivity index (χ0v) is 19.1. The maximum Gasteiger partial charge on any atom is 0.415 e. The van der Waals surface area contributed by atoms with Gasteiger partial charge >= 0.3 is 12.1 Å². The summed E-state index contributed by atoms with van der Waals surface area (Å²) >= 11 is 6.23. The Morgan fingerprint density at radius 2 is 1.88 bits per heavy atom. The number of alkyl carbamates (subject to hydrolysis) is 1. The van der Waals surface area contributed by atoms with Crippen LogP contribution in [-0.4, -0.2) is 35.2 Å². The molecule has 0 radical (unpaired) electrons. The van der Waals surface area contributed by atoms with Gasteiger partial charge in [-0.2, -0.15) is 4.98 Å². The summed E-state index contributed by atoms with van der Waals surface area (Å²) in [4.78, 5) is 31.6. The van der Waals surface area contributed by atoms with Crippen LogP contribution in [0.25, 0.3) is 11.3 Å². The van der Waals surface area contributed by atoms with E-state index in [-0.39, 0.29) is 12.6 Å². The van der Waals surface area contributed by atoms with E-state index in [0.29, 0.717) is 35.2 Å². The summed E-state index contributed by atoms with van der Waals surface area (Å²) < 4.78 is 4.66. The highest BCUT2D eigenvalue weighted by Gasteiger charge is 2.10. The molecular formula is C23H25ClN6O3. The van der Waals surface area contributed by atoms with Crippen molar-refractivity contribution in [1.82, 2.24) is 15.3 Å².